The molecule has 22 heavy (non-hydrogen) atoms. The SMILES string of the molecule is O=C(Cn1cnc2ccc(I)cc2c1=O)c1ccc(F)cc1. The Morgan fingerprint density at radius 1 is 1.18 bits per heavy atom. The van der Waals surface area contributed by atoms with Gasteiger partial charge in [-0.25, -0.2) is 9.37 Å². The summed E-state index contributed by atoms with van der Waals surface area (Å²) in [4.78, 5) is 28.8. The summed E-state index contributed by atoms with van der Waals surface area (Å²) in [6.07, 6.45) is 1.36. The van der Waals surface area contributed by atoms with Crippen molar-refractivity contribution in [3.05, 3.63) is 74.1 Å². The standard InChI is InChI=1S/C16H10FIN2O2/c17-11-3-1-10(2-4-11)15(21)8-20-9-19-14-6-5-12(18)7-13(14)16(20)22/h1-7,9H,8H2. The van der Waals surface area contributed by atoms with Crippen LogP contribution in [0.3, 0.4) is 0 Å². The topological polar surface area (TPSA) is 52.0 Å². The first kappa shape index (κ1) is 14.8. The lowest BCUT2D eigenvalue weighted by Crippen LogP contribution is -2.24. The largest absolute Gasteiger partial charge is 0.292 e. The van der Waals surface area contributed by atoms with Crippen LogP contribution in [0, 0.1) is 9.39 Å². The van der Waals surface area contributed by atoms with Gasteiger partial charge in [-0.3, -0.25) is 14.2 Å². The number of ketones is 1. The number of aromatic nitrogens is 2. The van der Waals surface area contributed by atoms with Gasteiger partial charge in [0.25, 0.3) is 5.56 Å². The van der Waals surface area contributed by atoms with E-state index in [1.807, 2.05) is 6.07 Å². The van der Waals surface area contributed by atoms with Crippen molar-refractivity contribution in [3.63, 3.8) is 0 Å². The van der Waals surface area contributed by atoms with E-state index in [0.717, 1.165) is 3.57 Å². The summed E-state index contributed by atoms with van der Waals surface area (Å²) < 4.78 is 15.1. The molecule has 110 valence electrons. The molecule has 0 fully saturated rings. The number of hydrogen-bond donors (Lipinski definition) is 0. The quantitative estimate of drug-likeness (QED) is 0.495. The van der Waals surface area contributed by atoms with Crippen molar-refractivity contribution in [3.8, 4) is 0 Å². The van der Waals surface area contributed by atoms with Gasteiger partial charge < -0.3 is 0 Å². The van der Waals surface area contributed by atoms with Crippen LogP contribution < -0.4 is 5.56 Å². The zero-order chi connectivity index (χ0) is 15.7. The lowest BCUT2D eigenvalue weighted by atomic mass is 10.1. The molecule has 0 spiro atoms. The van der Waals surface area contributed by atoms with Gasteiger partial charge in [0.2, 0.25) is 0 Å². The molecule has 6 heteroatoms. The van der Waals surface area contributed by atoms with Crippen LogP contribution in [-0.2, 0) is 6.54 Å². The Balaban J connectivity index is 1.97. The minimum Gasteiger partial charge on any atom is -0.292 e. The number of rotatable bonds is 3. The maximum absolute atomic E-state index is 12.9. The summed E-state index contributed by atoms with van der Waals surface area (Å²) in [6, 6.07) is 10.6. The van der Waals surface area contributed by atoms with Crippen LogP contribution in [0.5, 0.6) is 0 Å². The monoisotopic (exact) mass is 408 g/mol. The minimum absolute atomic E-state index is 0.126. The van der Waals surface area contributed by atoms with Crippen molar-refractivity contribution in [2.45, 2.75) is 6.54 Å². The van der Waals surface area contributed by atoms with E-state index in [4.69, 9.17) is 0 Å². The van der Waals surface area contributed by atoms with E-state index in [0.29, 0.717) is 16.5 Å². The summed E-state index contributed by atoms with van der Waals surface area (Å²) in [5, 5.41) is 0.473. The number of hydrogen-bond acceptors (Lipinski definition) is 3. The highest BCUT2D eigenvalue weighted by Crippen LogP contribution is 2.12. The molecule has 0 saturated carbocycles. The number of benzene rings is 2. The van der Waals surface area contributed by atoms with Gasteiger partial charge in [-0.2, -0.15) is 0 Å². The molecule has 3 aromatic rings. The van der Waals surface area contributed by atoms with Crippen LogP contribution in [0.15, 0.2) is 53.6 Å². The molecule has 0 aliphatic carbocycles. The van der Waals surface area contributed by atoms with Gasteiger partial charge in [-0.1, -0.05) is 0 Å². The average molecular weight is 408 g/mol. The molecule has 1 aromatic heterocycles. The summed E-state index contributed by atoms with van der Waals surface area (Å²) in [7, 11) is 0. The molecule has 0 aliphatic rings. The molecule has 0 radical (unpaired) electrons. The fourth-order valence-corrected chi connectivity index (χ4v) is 2.62. The molecule has 0 atom stereocenters. The summed E-state index contributed by atoms with van der Waals surface area (Å²) in [5.41, 5.74) is 0.686. The molecule has 0 bridgehead atoms. The molecule has 0 unspecified atom stereocenters. The van der Waals surface area contributed by atoms with Gasteiger partial charge >= 0.3 is 0 Å². The molecule has 2 aromatic carbocycles. The van der Waals surface area contributed by atoms with Crippen molar-refractivity contribution in [1.29, 1.82) is 0 Å². The van der Waals surface area contributed by atoms with E-state index in [2.05, 4.69) is 27.6 Å². The van der Waals surface area contributed by atoms with Gasteiger partial charge in [0, 0.05) is 9.13 Å². The predicted molar refractivity (Wildman–Crippen MR) is 89.5 cm³/mol. The summed E-state index contributed by atoms with van der Waals surface area (Å²) in [6.45, 7) is -0.126. The van der Waals surface area contributed by atoms with Gasteiger partial charge in [-0.05, 0) is 65.1 Å². The molecule has 0 aliphatic heterocycles. The van der Waals surface area contributed by atoms with Gasteiger partial charge in [0.05, 0.1) is 23.8 Å². The zero-order valence-electron chi connectivity index (χ0n) is 11.3. The smallest absolute Gasteiger partial charge is 0.261 e. The third-order valence-electron chi connectivity index (χ3n) is 3.27. The molecule has 3 rings (SSSR count). The Morgan fingerprint density at radius 3 is 2.64 bits per heavy atom. The fraction of sp³-hybridized carbons (Fsp3) is 0.0625. The van der Waals surface area contributed by atoms with Gasteiger partial charge in [0.1, 0.15) is 5.82 Å². The lowest BCUT2D eigenvalue weighted by Gasteiger charge is -2.06. The zero-order valence-corrected chi connectivity index (χ0v) is 13.5. The van der Waals surface area contributed by atoms with Crippen LogP contribution >= 0.6 is 22.6 Å². The minimum atomic E-state index is -0.407. The van der Waals surface area contributed by atoms with Crippen LogP contribution in [0.4, 0.5) is 4.39 Å². The van der Waals surface area contributed by atoms with E-state index in [1.54, 1.807) is 12.1 Å². The average Bonchev–Trinajstić information content (AvgIpc) is 2.51. The van der Waals surface area contributed by atoms with Crippen LogP contribution in [-0.4, -0.2) is 15.3 Å². The maximum atomic E-state index is 12.9. The molecular weight excluding hydrogens is 398 g/mol. The third kappa shape index (κ3) is 2.92. The van der Waals surface area contributed by atoms with E-state index < -0.39 is 5.82 Å². The van der Waals surface area contributed by atoms with Gasteiger partial charge in [-0.15, -0.1) is 0 Å². The van der Waals surface area contributed by atoms with E-state index in [1.165, 1.54) is 35.2 Å². The lowest BCUT2D eigenvalue weighted by molar-refractivity contribution is 0.0970. The first-order chi connectivity index (χ1) is 10.5. The highest BCUT2D eigenvalue weighted by Gasteiger charge is 2.10. The Labute approximate surface area is 138 Å². The number of carbonyl (C=O) groups excluding carboxylic acids is 1. The Bertz CT molecular complexity index is 920. The number of carbonyl (C=O) groups is 1. The number of nitrogens with zero attached hydrogens (tertiary/aromatic N) is 2. The summed E-state index contributed by atoms with van der Waals surface area (Å²) >= 11 is 2.12. The molecule has 0 amide bonds. The van der Waals surface area contributed by atoms with Crippen molar-refractivity contribution < 1.29 is 9.18 Å². The van der Waals surface area contributed by atoms with E-state index in [-0.39, 0.29) is 17.9 Å². The normalized spacial score (nSPS) is 10.8. The maximum Gasteiger partial charge on any atom is 0.261 e. The molecule has 4 nitrogen and oxygen atoms in total. The van der Waals surface area contributed by atoms with Crippen molar-refractivity contribution in [2.75, 3.05) is 0 Å². The first-order valence-corrected chi connectivity index (χ1v) is 7.56. The highest BCUT2D eigenvalue weighted by molar-refractivity contribution is 14.1. The second kappa shape index (κ2) is 5.96. The Morgan fingerprint density at radius 2 is 1.91 bits per heavy atom. The second-order valence-electron chi connectivity index (χ2n) is 4.77. The van der Waals surface area contributed by atoms with Crippen molar-refractivity contribution in [2.24, 2.45) is 0 Å². The predicted octanol–water partition coefficient (Wildman–Crippen LogP) is 3.02. The number of Topliss-reactive ketones (excluding diaryl/α,β-unsaturated/α-hetero) is 1. The second-order valence-corrected chi connectivity index (χ2v) is 6.01. The molecule has 0 N–H and O–H groups in total. The van der Waals surface area contributed by atoms with Crippen LogP contribution in [0.2, 0.25) is 0 Å². The van der Waals surface area contributed by atoms with Crippen LogP contribution in [0.25, 0.3) is 10.9 Å². The highest BCUT2D eigenvalue weighted by atomic mass is 127. The van der Waals surface area contributed by atoms with E-state index in [9.17, 15) is 14.0 Å². The third-order valence-corrected chi connectivity index (χ3v) is 3.94. The molecule has 1 heterocycles. The van der Waals surface area contributed by atoms with Gasteiger partial charge in [0.15, 0.2) is 5.78 Å². The number of halogens is 2. The van der Waals surface area contributed by atoms with Crippen molar-refractivity contribution >= 4 is 39.3 Å². The Kier molecular flexibility index (Phi) is 4.02. The first-order valence-electron chi connectivity index (χ1n) is 6.48. The molecule has 0 saturated heterocycles. The summed E-state index contributed by atoms with van der Waals surface area (Å²) in [5.74, 6) is -0.676. The van der Waals surface area contributed by atoms with Crippen LogP contribution in [0.1, 0.15) is 10.4 Å². The van der Waals surface area contributed by atoms with Crippen molar-refractivity contribution in [1.82, 2.24) is 9.55 Å². The fourth-order valence-electron chi connectivity index (χ4n) is 2.13. The molecular formula is C16H10FIN2O2. The number of fused-ring (bicyclic) bond motifs is 1. The Hall–Kier alpha value is -2.09. The van der Waals surface area contributed by atoms with E-state index >= 15 is 0 Å².